The summed E-state index contributed by atoms with van der Waals surface area (Å²) in [4.78, 5) is 83.0. The van der Waals surface area contributed by atoms with Crippen LogP contribution in [-0.4, -0.2) is 180 Å². The van der Waals surface area contributed by atoms with Gasteiger partial charge in [0.1, 0.15) is 52.9 Å². The van der Waals surface area contributed by atoms with Gasteiger partial charge < -0.3 is 62.8 Å². The van der Waals surface area contributed by atoms with Crippen LogP contribution in [0.3, 0.4) is 0 Å². The predicted octanol–water partition coefficient (Wildman–Crippen LogP) is -2.04. The molecule has 0 unspecified atom stereocenters. The van der Waals surface area contributed by atoms with E-state index in [1.807, 2.05) is 13.8 Å². The van der Waals surface area contributed by atoms with E-state index >= 15 is 0 Å². The van der Waals surface area contributed by atoms with E-state index in [-0.39, 0.29) is 91.3 Å². The average Bonchev–Trinajstić information content (AvgIpc) is 3.08. The Balaban J connectivity index is 3.92. The molecule has 0 aromatic heterocycles. The first-order valence-electron chi connectivity index (χ1n) is 16.5. The first-order valence-corrected chi connectivity index (χ1v) is 16.5. The van der Waals surface area contributed by atoms with Gasteiger partial charge in [-0.25, -0.2) is 28.8 Å². The van der Waals surface area contributed by atoms with E-state index in [2.05, 4.69) is 10.6 Å². The number of nitrogens with one attached hydrogen (secondary N) is 2. The molecule has 0 aliphatic heterocycles. The van der Waals surface area contributed by atoms with Crippen LogP contribution in [0.5, 0.6) is 0 Å². The van der Waals surface area contributed by atoms with Crippen molar-refractivity contribution in [1.82, 2.24) is 15.5 Å². The van der Waals surface area contributed by atoms with E-state index in [0.717, 1.165) is 12.8 Å². The van der Waals surface area contributed by atoms with Crippen LogP contribution in [0, 0.1) is 0 Å². The van der Waals surface area contributed by atoms with Gasteiger partial charge in [-0.05, 0) is 12.8 Å². The zero-order chi connectivity index (χ0) is 38.0. The van der Waals surface area contributed by atoms with E-state index in [4.69, 9.17) is 47.4 Å². The van der Waals surface area contributed by atoms with Gasteiger partial charge in [0.05, 0.1) is 45.3 Å². The van der Waals surface area contributed by atoms with E-state index in [9.17, 15) is 33.6 Å². The summed E-state index contributed by atoms with van der Waals surface area (Å²) >= 11 is 0. The molecule has 0 bridgehead atoms. The largest absolute Gasteiger partial charge is 0.463 e. The summed E-state index contributed by atoms with van der Waals surface area (Å²) in [6.45, 7) is 3.50. The molecule has 0 fully saturated rings. The maximum atomic E-state index is 11.9. The van der Waals surface area contributed by atoms with Crippen LogP contribution < -0.4 is 10.6 Å². The predicted molar refractivity (Wildman–Crippen MR) is 176 cm³/mol. The number of hydrogen-bond acceptors (Lipinski definition) is 18. The van der Waals surface area contributed by atoms with Crippen LogP contribution in [0.25, 0.3) is 0 Å². The molecule has 0 spiro atoms. The molecule has 51 heavy (non-hydrogen) atoms. The van der Waals surface area contributed by atoms with Crippen molar-refractivity contribution in [2.45, 2.75) is 26.7 Å². The van der Waals surface area contributed by atoms with Gasteiger partial charge in [-0.1, -0.05) is 13.8 Å². The summed E-state index contributed by atoms with van der Waals surface area (Å²) in [6, 6.07) is 0. The quantitative estimate of drug-likeness (QED) is 0.0327. The van der Waals surface area contributed by atoms with Gasteiger partial charge in [-0.15, -0.1) is 0 Å². The fraction of sp³-hybridized carbons (Fsp3) is 0.767. The summed E-state index contributed by atoms with van der Waals surface area (Å²) in [5.41, 5.74) is -0.167. The number of amides is 2. The Kier molecular flexibility index (Phi) is 30.5. The molecule has 0 heterocycles. The Hall–Kier alpha value is -4.05. The van der Waals surface area contributed by atoms with Crippen molar-refractivity contribution >= 4 is 49.6 Å². The number of rotatable bonds is 32. The third kappa shape index (κ3) is 32.9. The second kappa shape index (κ2) is 33.1. The van der Waals surface area contributed by atoms with Crippen molar-refractivity contribution in [2.24, 2.45) is 0 Å². The molecule has 0 saturated heterocycles. The maximum Gasteiger partial charge on any atom is 0.407 e. The van der Waals surface area contributed by atoms with Crippen LogP contribution in [0.1, 0.15) is 26.7 Å². The SMILES string of the molecule is BC(=O)CN(CCOC(=O)COCC(=O)OCCOCCNC(=O)OCCC)CCOC(=O)COCC(=O)OCCOCCNC(=O)OCCC. The van der Waals surface area contributed by atoms with Crippen LogP contribution in [0.2, 0.25) is 0 Å². The standard InChI is InChI=1S/C30H52BN3O17/c1-3-9-50-29(40)32-5-11-42-15-17-48-27(38)22-44-20-25(36)46-13-7-34(19-24(31)35)8-14-47-26(37)21-45-23-28(39)49-18-16-43-12-6-33-30(41)51-10-4-2/h3-23,31H2,1-2H3,(H,32,40)(H,33,41). The third-order valence-corrected chi connectivity index (χ3v) is 5.55. The van der Waals surface area contributed by atoms with Gasteiger partial charge in [-0.3, -0.25) is 4.90 Å². The van der Waals surface area contributed by atoms with Gasteiger partial charge in [-0.2, -0.15) is 0 Å². The lowest BCUT2D eigenvalue weighted by Gasteiger charge is -2.20. The molecular weight excluding hydrogens is 685 g/mol. The summed E-state index contributed by atoms with van der Waals surface area (Å²) in [5, 5.41) is 5.00. The molecule has 0 aliphatic rings. The van der Waals surface area contributed by atoms with E-state index in [0.29, 0.717) is 13.2 Å². The highest BCUT2D eigenvalue weighted by molar-refractivity contribution is 6.58. The molecule has 0 aromatic carbocycles. The molecule has 2 N–H and O–H groups in total. The smallest absolute Gasteiger partial charge is 0.407 e. The Labute approximate surface area is 298 Å². The van der Waals surface area contributed by atoms with Crippen LogP contribution in [0.4, 0.5) is 9.59 Å². The average molecular weight is 738 g/mol. The number of esters is 4. The Morgan fingerprint density at radius 1 is 0.471 bits per heavy atom. The second-order valence-corrected chi connectivity index (χ2v) is 10.2. The zero-order valence-corrected chi connectivity index (χ0v) is 29.7. The van der Waals surface area contributed by atoms with Crippen molar-refractivity contribution in [3.8, 4) is 0 Å². The monoisotopic (exact) mass is 737 g/mol. The summed E-state index contributed by atoms with van der Waals surface area (Å²) < 4.78 is 50.0. The van der Waals surface area contributed by atoms with Crippen molar-refractivity contribution in [3.63, 3.8) is 0 Å². The van der Waals surface area contributed by atoms with Crippen molar-refractivity contribution < 1.29 is 80.9 Å². The minimum absolute atomic E-state index is 0.0111. The molecule has 0 saturated carbocycles. The summed E-state index contributed by atoms with van der Waals surface area (Å²) in [7, 11) is 1.37. The number of nitrogens with zero attached hydrogens (tertiary/aromatic N) is 1. The Morgan fingerprint density at radius 2 is 0.843 bits per heavy atom. The molecular formula is C30H52BN3O17. The molecule has 0 aliphatic carbocycles. The normalized spacial score (nSPS) is 10.6. The zero-order valence-electron chi connectivity index (χ0n) is 29.7. The van der Waals surface area contributed by atoms with Crippen molar-refractivity contribution in [3.05, 3.63) is 0 Å². The molecule has 0 radical (unpaired) electrons. The first-order chi connectivity index (χ1) is 24.6. The van der Waals surface area contributed by atoms with E-state index in [1.165, 1.54) is 7.85 Å². The fourth-order valence-electron chi connectivity index (χ4n) is 3.34. The Bertz CT molecular complexity index is 950. The van der Waals surface area contributed by atoms with Crippen LogP contribution in [0.15, 0.2) is 0 Å². The lowest BCUT2D eigenvalue weighted by Crippen LogP contribution is -2.36. The van der Waals surface area contributed by atoms with E-state index < -0.39 is 62.5 Å². The molecule has 21 heteroatoms. The fourth-order valence-corrected chi connectivity index (χ4v) is 3.34. The van der Waals surface area contributed by atoms with Crippen molar-refractivity contribution in [2.75, 3.05) is 125 Å². The number of carbonyl (C=O) groups excluding carboxylic acids is 7. The number of carbonyl (C=O) groups is 7. The van der Waals surface area contributed by atoms with Gasteiger partial charge in [0.15, 0.2) is 7.85 Å². The molecule has 0 aromatic rings. The van der Waals surface area contributed by atoms with Crippen LogP contribution >= 0.6 is 0 Å². The molecule has 2 amide bonds. The molecule has 292 valence electrons. The highest BCUT2D eigenvalue weighted by Crippen LogP contribution is 1.94. The number of ether oxygens (including phenoxy) is 10. The van der Waals surface area contributed by atoms with Gasteiger partial charge in [0.2, 0.25) is 0 Å². The lowest BCUT2D eigenvalue weighted by molar-refractivity contribution is -0.157. The second-order valence-electron chi connectivity index (χ2n) is 10.2. The van der Waals surface area contributed by atoms with Gasteiger partial charge in [0, 0.05) is 32.7 Å². The number of alkyl carbamates (subject to hydrolysis) is 2. The lowest BCUT2D eigenvalue weighted by atomic mass is 10.0. The Morgan fingerprint density at radius 3 is 1.20 bits per heavy atom. The highest BCUT2D eigenvalue weighted by Gasteiger charge is 2.13. The van der Waals surface area contributed by atoms with Crippen LogP contribution in [-0.2, 0) is 71.3 Å². The topological polar surface area (TPSA) is 239 Å². The maximum absolute atomic E-state index is 11.9. The van der Waals surface area contributed by atoms with Crippen molar-refractivity contribution in [1.29, 1.82) is 0 Å². The first kappa shape index (κ1) is 47.0. The third-order valence-electron chi connectivity index (χ3n) is 5.55. The van der Waals surface area contributed by atoms with E-state index in [1.54, 1.807) is 4.90 Å². The highest BCUT2D eigenvalue weighted by atomic mass is 16.6. The van der Waals surface area contributed by atoms with Gasteiger partial charge >= 0.3 is 36.1 Å². The van der Waals surface area contributed by atoms with Gasteiger partial charge in [0.25, 0.3) is 0 Å². The molecule has 0 rings (SSSR count). The molecule has 0 atom stereocenters. The number of hydrogen-bond donors (Lipinski definition) is 2. The summed E-state index contributed by atoms with van der Waals surface area (Å²) in [5.74, 6) is -2.91. The molecule has 20 nitrogen and oxygen atoms in total. The summed E-state index contributed by atoms with van der Waals surface area (Å²) in [6.07, 6.45) is 0.365. The minimum atomic E-state index is -0.743. The minimum Gasteiger partial charge on any atom is -0.463 e.